The van der Waals surface area contributed by atoms with Crippen LogP contribution in [0.15, 0.2) is 30.5 Å². The van der Waals surface area contributed by atoms with Gasteiger partial charge in [-0.05, 0) is 11.6 Å². The molecule has 1 amide bonds. The number of aromatic amines is 1. The maximum absolute atomic E-state index is 11.8. The van der Waals surface area contributed by atoms with Gasteiger partial charge in [0.15, 0.2) is 0 Å². The highest BCUT2D eigenvalue weighted by atomic mass is 16.5. The number of H-pyrrole nitrogens is 1. The summed E-state index contributed by atoms with van der Waals surface area (Å²) in [5.41, 5.74) is 7.11. The average molecular weight is 258 g/mol. The number of hydrogen-bond donors (Lipinski definition) is 3. The molecule has 98 valence electrons. The van der Waals surface area contributed by atoms with Gasteiger partial charge in [-0.25, -0.2) is 0 Å². The minimum atomic E-state index is -0.245. The number of amides is 1. The van der Waals surface area contributed by atoms with Crippen LogP contribution < -0.4 is 15.8 Å². The molecule has 19 heavy (non-hydrogen) atoms. The third-order valence-corrected chi connectivity index (χ3v) is 3.12. The van der Waals surface area contributed by atoms with E-state index in [0.717, 1.165) is 12.2 Å². The Balaban J connectivity index is 1.58. The van der Waals surface area contributed by atoms with Crippen molar-refractivity contribution in [1.29, 1.82) is 0 Å². The van der Waals surface area contributed by atoms with Crippen LogP contribution in [-0.2, 0) is 6.42 Å². The van der Waals surface area contributed by atoms with Crippen molar-refractivity contribution in [2.24, 2.45) is 0 Å². The molecule has 0 bridgehead atoms. The van der Waals surface area contributed by atoms with Crippen LogP contribution in [0, 0.1) is 0 Å². The number of hydrogen-bond acceptors (Lipinski definition) is 4. The standard InChI is InChI=1S/C13H14N4O2/c14-12-10(7-16-17-12)13(18)15-6-9-5-8-3-1-2-4-11(8)19-9/h1-4,7,9H,5-6H2,(H,15,18)(H3,14,16,17). The highest BCUT2D eigenvalue weighted by Gasteiger charge is 2.23. The molecular weight excluding hydrogens is 244 g/mol. The van der Waals surface area contributed by atoms with E-state index in [2.05, 4.69) is 15.5 Å². The number of para-hydroxylation sites is 1. The van der Waals surface area contributed by atoms with Gasteiger partial charge in [-0.1, -0.05) is 18.2 Å². The summed E-state index contributed by atoms with van der Waals surface area (Å²) in [5, 5.41) is 9.04. The van der Waals surface area contributed by atoms with Gasteiger partial charge in [-0.15, -0.1) is 0 Å². The van der Waals surface area contributed by atoms with E-state index in [0.29, 0.717) is 12.1 Å². The number of carbonyl (C=O) groups is 1. The lowest BCUT2D eigenvalue weighted by atomic mass is 10.1. The van der Waals surface area contributed by atoms with Crippen molar-refractivity contribution in [1.82, 2.24) is 15.5 Å². The van der Waals surface area contributed by atoms with E-state index in [1.165, 1.54) is 11.8 Å². The Labute approximate surface area is 110 Å². The SMILES string of the molecule is Nc1[nH]ncc1C(=O)NCC1Cc2ccccc2O1. The maximum Gasteiger partial charge on any atom is 0.256 e. The molecule has 4 N–H and O–H groups in total. The number of aromatic nitrogens is 2. The van der Waals surface area contributed by atoms with E-state index in [1.54, 1.807) is 0 Å². The molecule has 1 aliphatic rings. The van der Waals surface area contributed by atoms with E-state index in [-0.39, 0.29) is 17.8 Å². The molecule has 1 aromatic carbocycles. The van der Waals surface area contributed by atoms with Gasteiger partial charge in [-0.3, -0.25) is 9.89 Å². The fourth-order valence-corrected chi connectivity index (χ4v) is 2.15. The van der Waals surface area contributed by atoms with Crippen LogP contribution in [0.2, 0.25) is 0 Å². The molecule has 6 heteroatoms. The van der Waals surface area contributed by atoms with Gasteiger partial charge in [0.05, 0.1) is 12.7 Å². The fourth-order valence-electron chi connectivity index (χ4n) is 2.15. The van der Waals surface area contributed by atoms with Gasteiger partial charge in [0, 0.05) is 6.42 Å². The number of fused-ring (bicyclic) bond motifs is 1. The first-order valence-corrected chi connectivity index (χ1v) is 6.05. The Morgan fingerprint density at radius 1 is 1.53 bits per heavy atom. The second-order valence-electron chi connectivity index (χ2n) is 4.46. The lowest BCUT2D eigenvalue weighted by molar-refractivity contribution is 0.0934. The summed E-state index contributed by atoms with van der Waals surface area (Å²) in [7, 11) is 0. The fraction of sp³-hybridized carbons (Fsp3) is 0.231. The number of ether oxygens (including phenoxy) is 1. The monoisotopic (exact) mass is 258 g/mol. The molecule has 6 nitrogen and oxygen atoms in total. The van der Waals surface area contributed by atoms with Crippen molar-refractivity contribution in [3.05, 3.63) is 41.6 Å². The largest absolute Gasteiger partial charge is 0.488 e. The summed E-state index contributed by atoms with van der Waals surface area (Å²) >= 11 is 0. The van der Waals surface area contributed by atoms with Crippen LogP contribution in [0.3, 0.4) is 0 Å². The predicted octanol–water partition coefficient (Wildman–Crippen LogP) is 0.725. The number of anilines is 1. The van der Waals surface area contributed by atoms with Crippen LogP contribution in [0.1, 0.15) is 15.9 Å². The van der Waals surface area contributed by atoms with Gasteiger partial charge in [0.1, 0.15) is 23.2 Å². The van der Waals surface area contributed by atoms with Gasteiger partial charge in [0.25, 0.3) is 5.91 Å². The van der Waals surface area contributed by atoms with E-state index < -0.39 is 0 Å². The van der Waals surface area contributed by atoms with E-state index in [1.807, 2.05) is 24.3 Å². The van der Waals surface area contributed by atoms with Crippen molar-refractivity contribution < 1.29 is 9.53 Å². The Morgan fingerprint density at radius 2 is 2.37 bits per heavy atom. The molecule has 0 radical (unpaired) electrons. The molecule has 2 aromatic rings. The van der Waals surface area contributed by atoms with Crippen molar-refractivity contribution >= 4 is 11.7 Å². The molecule has 1 atom stereocenters. The quantitative estimate of drug-likeness (QED) is 0.756. The number of benzene rings is 1. The summed E-state index contributed by atoms with van der Waals surface area (Å²) < 4.78 is 5.74. The number of nitrogens with zero attached hydrogens (tertiary/aromatic N) is 1. The summed E-state index contributed by atoms with van der Waals surface area (Å²) in [5.74, 6) is 0.920. The van der Waals surface area contributed by atoms with E-state index >= 15 is 0 Å². The summed E-state index contributed by atoms with van der Waals surface area (Å²) in [4.78, 5) is 11.8. The molecule has 0 saturated carbocycles. The number of carbonyl (C=O) groups excluding carboxylic acids is 1. The first kappa shape index (κ1) is 11.6. The Hall–Kier alpha value is -2.50. The number of nitrogens with two attached hydrogens (primary N) is 1. The molecule has 0 aliphatic carbocycles. The summed E-state index contributed by atoms with van der Waals surface area (Å²) in [6.07, 6.45) is 2.18. The van der Waals surface area contributed by atoms with Gasteiger partial charge in [0.2, 0.25) is 0 Å². The zero-order chi connectivity index (χ0) is 13.2. The van der Waals surface area contributed by atoms with Crippen LogP contribution in [0.25, 0.3) is 0 Å². The second kappa shape index (κ2) is 4.64. The third-order valence-electron chi connectivity index (χ3n) is 3.12. The molecule has 0 spiro atoms. The van der Waals surface area contributed by atoms with Crippen LogP contribution in [-0.4, -0.2) is 28.8 Å². The summed E-state index contributed by atoms with van der Waals surface area (Å²) in [6.45, 7) is 0.443. The highest BCUT2D eigenvalue weighted by molar-refractivity contribution is 5.98. The summed E-state index contributed by atoms with van der Waals surface area (Å²) in [6, 6.07) is 7.89. The maximum atomic E-state index is 11.8. The van der Waals surface area contributed by atoms with Gasteiger partial charge < -0.3 is 15.8 Å². The van der Waals surface area contributed by atoms with Crippen LogP contribution in [0.4, 0.5) is 5.82 Å². The molecule has 1 aromatic heterocycles. The number of rotatable bonds is 3. The van der Waals surface area contributed by atoms with Gasteiger partial charge in [-0.2, -0.15) is 5.10 Å². The minimum absolute atomic E-state index is 0.0329. The van der Waals surface area contributed by atoms with Crippen molar-refractivity contribution in [2.75, 3.05) is 12.3 Å². The third kappa shape index (κ3) is 2.24. The Morgan fingerprint density at radius 3 is 3.11 bits per heavy atom. The van der Waals surface area contributed by atoms with Crippen LogP contribution >= 0.6 is 0 Å². The Bertz CT molecular complexity index is 583. The van der Waals surface area contributed by atoms with Crippen molar-refractivity contribution in [3.63, 3.8) is 0 Å². The first-order valence-electron chi connectivity index (χ1n) is 6.05. The van der Waals surface area contributed by atoms with Crippen LogP contribution in [0.5, 0.6) is 5.75 Å². The number of nitrogens with one attached hydrogen (secondary N) is 2. The number of nitrogen functional groups attached to an aromatic ring is 1. The average Bonchev–Trinajstić information content (AvgIpc) is 3.01. The molecule has 0 fully saturated rings. The molecule has 1 unspecified atom stereocenters. The topological polar surface area (TPSA) is 93.0 Å². The van der Waals surface area contributed by atoms with Crippen molar-refractivity contribution in [3.8, 4) is 5.75 Å². The molecule has 0 saturated heterocycles. The highest BCUT2D eigenvalue weighted by Crippen LogP contribution is 2.27. The first-order chi connectivity index (χ1) is 9.24. The van der Waals surface area contributed by atoms with E-state index in [4.69, 9.17) is 10.5 Å². The molecular formula is C13H14N4O2. The lowest BCUT2D eigenvalue weighted by Gasteiger charge is -2.11. The minimum Gasteiger partial charge on any atom is -0.488 e. The van der Waals surface area contributed by atoms with Gasteiger partial charge >= 0.3 is 0 Å². The van der Waals surface area contributed by atoms with Crippen molar-refractivity contribution in [2.45, 2.75) is 12.5 Å². The predicted molar refractivity (Wildman–Crippen MR) is 69.9 cm³/mol. The normalized spacial score (nSPS) is 16.7. The Kier molecular flexibility index (Phi) is 2.83. The zero-order valence-corrected chi connectivity index (χ0v) is 10.2. The lowest BCUT2D eigenvalue weighted by Crippen LogP contribution is -2.34. The molecule has 1 aliphatic heterocycles. The zero-order valence-electron chi connectivity index (χ0n) is 10.2. The smallest absolute Gasteiger partial charge is 0.256 e. The van der Waals surface area contributed by atoms with E-state index in [9.17, 15) is 4.79 Å². The molecule has 3 rings (SSSR count). The molecule has 2 heterocycles. The second-order valence-corrected chi connectivity index (χ2v) is 4.46.